The fraction of sp³-hybridized carbons (Fsp3) is 0.0909. The van der Waals surface area contributed by atoms with Gasteiger partial charge in [-0.05, 0) is 48.0 Å². The molecular formula is C22H18BrN3O3. The molecule has 0 saturated carbocycles. The molecule has 6 nitrogen and oxygen atoms in total. The van der Waals surface area contributed by atoms with Crippen LogP contribution in [0.15, 0.2) is 77.3 Å². The van der Waals surface area contributed by atoms with Gasteiger partial charge >= 0.3 is 0 Å². The SMILES string of the molecule is COc1ccc(C(=O)NN2C(=O)c3cc(Br)ccc3NC2c2ccccc2)cc1. The fourth-order valence-corrected chi connectivity index (χ4v) is 3.54. The monoisotopic (exact) mass is 451 g/mol. The molecule has 0 spiro atoms. The van der Waals surface area contributed by atoms with Gasteiger partial charge in [0.2, 0.25) is 0 Å². The maximum atomic E-state index is 13.3. The molecular weight excluding hydrogens is 434 g/mol. The molecule has 1 heterocycles. The normalized spacial score (nSPS) is 15.3. The van der Waals surface area contributed by atoms with Gasteiger partial charge in [-0.15, -0.1) is 0 Å². The zero-order valence-electron chi connectivity index (χ0n) is 15.6. The number of halogens is 1. The lowest BCUT2D eigenvalue weighted by Crippen LogP contribution is -2.52. The van der Waals surface area contributed by atoms with Crippen molar-refractivity contribution in [3.8, 4) is 5.75 Å². The zero-order valence-corrected chi connectivity index (χ0v) is 17.1. The highest BCUT2D eigenvalue weighted by molar-refractivity contribution is 9.10. The van der Waals surface area contributed by atoms with Crippen molar-refractivity contribution >= 4 is 33.4 Å². The van der Waals surface area contributed by atoms with Crippen LogP contribution >= 0.6 is 15.9 Å². The van der Waals surface area contributed by atoms with Gasteiger partial charge in [-0.1, -0.05) is 46.3 Å². The summed E-state index contributed by atoms with van der Waals surface area (Å²) in [6, 6.07) is 21.6. The summed E-state index contributed by atoms with van der Waals surface area (Å²) in [5.41, 5.74) is 5.21. The largest absolute Gasteiger partial charge is 0.497 e. The Kier molecular flexibility index (Phi) is 5.22. The Morgan fingerprint density at radius 2 is 1.79 bits per heavy atom. The number of amides is 2. The molecule has 29 heavy (non-hydrogen) atoms. The first-order chi connectivity index (χ1) is 14.1. The third-order valence-electron chi connectivity index (χ3n) is 4.67. The number of anilines is 1. The van der Waals surface area contributed by atoms with Crippen LogP contribution < -0.4 is 15.5 Å². The Hall–Kier alpha value is -3.32. The fourth-order valence-electron chi connectivity index (χ4n) is 3.18. The number of carbonyl (C=O) groups is 2. The molecule has 1 unspecified atom stereocenters. The van der Waals surface area contributed by atoms with Crippen molar-refractivity contribution in [1.82, 2.24) is 10.4 Å². The summed E-state index contributed by atoms with van der Waals surface area (Å²) in [5, 5.41) is 4.68. The Labute approximate surface area is 176 Å². The predicted molar refractivity (Wildman–Crippen MR) is 114 cm³/mol. The summed E-state index contributed by atoms with van der Waals surface area (Å²) in [5.74, 6) is -0.0313. The van der Waals surface area contributed by atoms with E-state index in [-0.39, 0.29) is 11.8 Å². The topological polar surface area (TPSA) is 70.7 Å². The molecule has 1 aliphatic rings. The number of fused-ring (bicyclic) bond motifs is 1. The molecule has 0 aromatic heterocycles. The third kappa shape index (κ3) is 3.82. The number of carbonyl (C=O) groups excluding carboxylic acids is 2. The van der Waals surface area contributed by atoms with Gasteiger partial charge in [0.1, 0.15) is 11.9 Å². The number of hydrazine groups is 1. The first-order valence-electron chi connectivity index (χ1n) is 8.96. The van der Waals surface area contributed by atoms with Crippen molar-refractivity contribution in [3.63, 3.8) is 0 Å². The van der Waals surface area contributed by atoms with E-state index < -0.39 is 6.17 Å². The number of rotatable bonds is 4. The minimum Gasteiger partial charge on any atom is -0.497 e. The summed E-state index contributed by atoms with van der Waals surface area (Å²) in [4.78, 5) is 26.1. The van der Waals surface area contributed by atoms with Crippen LogP contribution in [0.1, 0.15) is 32.4 Å². The van der Waals surface area contributed by atoms with Gasteiger partial charge in [-0.2, -0.15) is 0 Å². The lowest BCUT2D eigenvalue weighted by molar-refractivity contribution is 0.0491. The highest BCUT2D eigenvalue weighted by Crippen LogP contribution is 2.33. The van der Waals surface area contributed by atoms with Crippen molar-refractivity contribution in [2.24, 2.45) is 0 Å². The van der Waals surface area contributed by atoms with E-state index in [1.165, 1.54) is 5.01 Å². The molecule has 0 fully saturated rings. The number of hydrogen-bond acceptors (Lipinski definition) is 4. The number of benzene rings is 3. The van der Waals surface area contributed by atoms with Crippen LogP contribution in [-0.4, -0.2) is 23.9 Å². The second kappa shape index (κ2) is 7.97. The number of nitrogens with zero attached hydrogens (tertiary/aromatic N) is 1. The van der Waals surface area contributed by atoms with Gasteiger partial charge in [0.25, 0.3) is 11.8 Å². The van der Waals surface area contributed by atoms with Crippen molar-refractivity contribution in [1.29, 1.82) is 0 Å². The van der Waals surface area contributed by atoms with Gasteiger partial charge in [-0.3, -0.25) is 15.0 Å². The summed E-state index contributed by atoms with van der Waals surface area (Å²) in [6.07, 6.45) is -0.542. The first kappa shape index (κ1) is 19.0. The van der Waals surface area contributed by atoms with Crippen molar-refractivity contribution in [3.05, 3.63) is 94.0 Å². The van der Waals surface area contributed by atoms with Crippen molar-refractivity contribution < 1.29 is 14.3 Å². The first-order valence-corrected chi connectivity index (χ1v) is 9.76. The molecule has 1 aliphatic heterocycles. The molecule has 3 aromatic rings. The number of hydrogen-bond donors (Lipinski definition) is 2. The van der Waals surface area contributed by atoms with Gasteiger partial charge in [0.05, 0.1) is 12.7 Å². The lowest BCUT2D eigenvalue weighted by Gasteiger charge is -2.37. The highest BCUT2D eigenvalue weighted by Gasteiger charge is 2.34. The van der Waals surface area contributed by atoms with E-state index in [9.17, 15) is 9.59 Å². The summed E-state index contributed by atoms with van der Waals surface area (Å²) in [6.45, 7) is 0. The van der Waals surface area contributed by atoms with E-state index in [2.05, 4.69) is 26.7 Å². The number of ether oxygens (including phenoxy) is 1. The quantitative estimate of drug-likeness (QED) is 0.617. The van der Waals surface area contributed by atoms with E-state index in [1.54, 1.807) is 37.4 Å². The smallest absolute Gasteiger partial charge is 0.276 e. The molecule has 0 aliphatic carbocycles. The van der Waals surface area contributed by atoms with Crippen LogP contribution in [0.3, 0.4) is 0 Å². The maximum absolute atomic E-state index is 13.3. The Morgan fingerprint density at radius 3 is 2.48 bits per heavy atom. The molecule has 3 aromatic carbocycles. The van der Waals surface area contributed by atoms with E-state index in [0.29, 0.717) is 22.6 Å². The van der Waals surface area contributed by atoms with E-state index >= 15 is 0 Å². The second-order valence-corrected chi connectivity index (χ2v) is 7.41. The van der Waals surface area contributed by atoms with Crippen LogP contribution in [0.2, 0.25) is 0 Å². The molecule has 2 amide bonds. The average molecular weight is 452 g/mol. The zero-order chi connectivity index (χ0) is 20.4. The van der Waals surface area contributed by atoms with Crippen LogP contribution in [0.25, 0.3) is 0 Å². The second-order valence-electron chi connectivity index (χ2n) is 6.49. The molecule has 0 saturated heterocycles. The number of nitrogens with one attached hydrogen (secondary N) is 2. The minimum atomic E-state index is -0.542. The molecule has 0 bridgehead atoms. The van der Waals surface area contributed by atoms with Crippen LogP contribution in [0.4, 0.5) is 5.69 Å². The maximum Gasteiger partial charge on any atom is 0.276 e. The van der Waals surface area contributed by atoms with Crippen molar-refractivity contribution in [2.75, 3.05) is 12.4 Å². The standard InChI is InChI=1S/C22H18BrN3O3/c1-29-17-10-7-15(8-11-17)21(27)25-26-20(14-5-3-2-4-6-14)24-19-12-9-16(23)13-18(19)22(26)28/h2-13,20,24H,1H3,(H,25,27). The predicted octanol–water partition coefficient (Wildman–Crippen LogP) is 4.37. The average Bonchev–Trinajstić information content (AvgIpc) is 2.76. The van der Waals surface area contributed by atoms with Gasteiger partial charge in [0, 0.05) is 15.7 Å². The summed E-state index contributed by atoms with van der Waals surface area (Å²) >= 11 is 3.40. The van der Waals surface area contributed by atoms with Crippen LogP contribution in [-0.2, 0) is 0 Å². The Morgan fingerprint density at radius 1 is 1.07 bits per heavy atom. The Balaban J connectivity index is 1.68. The number of methoxy groups -OCH3 is 1. The third-order valence-corrected chi connectivity index (χ3v) is 5.16. The molecule has 1 atom stereocenters. The molecule has 7 heteroatoms. The van der Waals surface area contributed by atoms with E-state index in [4.69, 9.17) is 4.74 Å². The summed E-state index contributed by atoms with van der Waals surface area (Å²) < 4.78 is 5.91. The lowest BCUT2D eigenvalue weighted by atomic mass is 10.0. The van der Waals surface area contributed by atoms with Crippen LogP contribution in [0, 0.1) is 0 Å². The molecule has 0 radical (unpaired) electrons. The van der Waals surface area contributed by atoms with Crippen molar-refractivity contribution in [2.45, 2.75) is 6.17 Å². The Bertz CT molecular complexity index is 1050. The molecule has 4 rings (SSSR count). The van der Waals surface area contributed by atoms with Crippen LogP contribution in [0.5, 0.6) is 5.75 Å². The minimum absolute atomic E-state index is 0.296. The molecule has 2 N–H and O–H groups in total. The highest BCUT2D eigenvalue weighted by atomic mass is 79.9. The van der Waals surface area contributed by atoms with Gasteiger partial charge in [0.15, 0.2) is 0 Å². The van der Waals surface area contributed by atoms with E-state index in [1.807, 2.05) is 42.5 Å². The van der Waals surface area contributed by atoms with Gasteiger partial charge in [-0.25, -0.2) is 5.01 Å². The molecule has 146 valence electrons. The summed E-state index contributed by atoms with van der Waals surface area (Å²) in [7, 11) is 1.56. The van der Waals surface area contributed by atoms with E-state index in [0.717, 1.165) is 10.0 Å². The van der Waals surface area contributed by atoms with Gasteiger partial charge < -0.3 is 10.1 Å².